The van der Waals surface area contributed by atoms with E-state index < -0.39 is 11.7 Å². The van der Waals surface area contributed by atoms with Crippen molar-refractivity contribution in [3.63, 3.8) is 0 Å². The third kappa shape index (κ3) is 3.17. The largest absolute Gasteiger partial charge is 0.455 e. The Labute approximate surface area is 118 Å². The Kier molecular flexibility index (Phi) is 3.81. The van der Waals surface area contributed by atoms with Crippen molar-refractivity contribution in [1.82, 2.24) is 0 Å². The Balaban J connectivity index is 2.46. The second kappa shape index (κ2) is 5.25. The molecular weight excluding hydrogens is 291 g/mol. The van der Waals surface area contributed by atoms with Crippen molar-refractivity contribution in [2.45, 2.75) is 13.1 Å². The molecule has 0 aliphatic heterocycles. The topological polar surface area (TPSA) is 35.2 Å². The molecule has 2 N–H and O–H groups in total. The van der Waals surface area contributed by atoms with Gasteiger partial charge in [-0.15, -0.1) is 0 Å². The van der Waals surface area contributed by atoms with Crippen LogP contribution in [0, 0.1) is 6.92 Å². The van der Waals surface area contributed by atoms with Crippen molar-refractivity contribution in [3.8, 4) is 11.5 Å². The highest BCUT2D eigenvalue weighted by molar-refractivity contribution is 6.32. The molecule has 0 aromatic heterocycles. The molecule has 0 aliphatic carbocycles. The zero-order valence-electron chi connectivity index (χ0n) is 10.5. The van der Waals surface area contributed by atoms with Crippen LogP contribution in [0.2, 0.25) is 5.02 Å². The van der Waals surface area contributed by atoms with Gasteiger partial charge >= 0.3 is 6.18 Å². The summed E-state index contributed by atoms with van der Waals surface area (Å²) >= 11 is 5.91. The summed E-state index contributed by atoms with van der Waals surface area (Å²) in [7, 11) is 0. The number of hydrogen-bond acceptors (Lipinski definition) is 2. The van der Waals surface area contributed by atoms with Crippen LogP contribution < -0.4 is 10.5 Å². The smallest absolute Gasteiger partial charge is 0.420 e. The predicted molar refractivity (Wildman–Crippen MR) is 72.1 cm³/mol. The van der Waals surface area contributed by atoms with E-state index >= 15 is 0 Å². The molecule has 0 amide bonds. The van der Waals surface area contributed by atoms with Crippen LogP contribution in [0.25, 0.3) is 0 Å². The number of benzene rings is 2. The van der Waals surface area contributed by atoms with Crippen LogP contribution in [0.4, 0.5) is 18.9 Å². The lowest BCUT2D eigenvalue weighted by molar-refractivity contribution is -0.138. The van der Waals surface area contributed by atoms with Gasteiger partial charge in [0.25, 0.3) is 0 Å². The molecule has 0 aliphatic rings. The summed E-state index contributed by atoms with van der Waals surface area (Å²) in [6.45, 7) is 1.79. The van der Waals surface area contributed by atoms with E-state index in [4.69, 9.17) is 22.1 Å². The van der Waals surface area contributed by atoms with E-state index in [1.807, 2.05) is 0 Å². The maximum atomic E-state index is 12.9. The lowest BCUT2D eigenvalue weighted by Crippen LogP contribution is -2.08. The van der Waals surface area contributed by atoms with Gasteiger partial charge in [0, 0.05) is 5.69 Å². The Morgan fingerprint density at radius 2 is 1.75 bits per heavy atom. The third-order valence-corrected chi connectivity index (χ3v) is 2.93. The number of halogens is 4. The van der Waals surface area contributed by atoms with Crippen LogP contribution in [-0.2, 0) is 6.18 Å². The minimum atomic E-state index is -4.55. The predicted octanol–water partition coefficient (Wildman–Crippen LogP) is 5.04. The third-order valence-electron chi connectivity index (χ3n) is 2.62. The summed E-state index contributed by atoms with van der Waals surface area (Å²) in [6, 6.07) is 8.22. The Morgan fingerprint density at radius 1 is 1.05 bits per heavy atom. The molecule has 2 rings (SSSR count). The second-order valence-corrected chi connectivity index (χ2v) is 4.70. The van der Waals surface area contributed by atoms with E-state index in [9.17, 15) is 13.2 Å². The Morgan fingerprint density at radius 3 is 2.40 bits per heavy atom. The molecule has 106 valence electrons. The number of aryl methyl sites for hydroxylation is 1. The summed E-state index contributed by atoms with van der Waals surface area (Å²) < 4.78 is 44.1. The van der Waals surface area contributed by atoms with Crippen LogP contribution in [0.1, 0.15) is 11.1 Å². The zero-order valence-corrected chi connectivity index (χ0v) is 11.2. The molecule has 0 unspecified atom stereocenters. The quantitative estimate of drug-likeness (QED) is 0.789. The second-order valence-electron chi connectivity index (χ2n) is 4.29. The number of alkyl halides is 3. The summed E-state index contributed by atoms with van der Waals surface area (Å²) in [5.41, 5.74) is 5.30. The standard InChI is InChI=1S/C14H11ClF3NO/c1-8-2-4-11(15)13(6-8)20-12-5-3-9(19)7-10(12)14(16,17)18/h2-7H,19H2,1H3. The molecule has 0 fully saturated rings. The number of rotatable bonds is 2. The molecule has 2 aromatic rings. The molecule has 20 heavy (non-hydrogen) atoms. The monoisotopic (exact) mass is 301 g/mol. The highest BCUT2D eigenvalue weighted by atomic mass is 35.5. The van der Waals surface area contributed by atoms with Gasteiger partial charge in [-0.1, -0.05) is 17.7 Å². The minimum Gasteiger partial charge on any atom is -0.455 e. The van der Waals surface area contributed by atoms with Gasteiger partial charge < -0.3 is 10.5 Å². The van der Waals surface area contributed by atoms with E-state index in [1.54, 1.807) is 25.1 Å². The van der Waals surface area contributed by atoms with Crippen molar-refractivity contribution < 1.29 is 17.9 Å². The number of ether oxygens (including phenoxy) is 1. The van der Waals surface area contributed by atoms with Gasteiger partial charge in [0.2, 0.25) is 0 Å². The molecule has 0 spiro atoms. The molecule has 0 bridgehead atoms. The van der Waals surface area contributed by atoms with Crippen LogP contribution in [0.3, 0.4) is 0 Å². The molecule has 0 radical (unpaired) electrons. The lowest BCUT2D eigenvalue weighted by Gasteiger charge is -2.15. The molecule has 0 atom stereocenters. The molecule has 0 heterocycles. The SMILES string of the molecule is Cc1ccc(Cl)c(Oc2ccc(N)cc2C(F)(F)F)c1. The minimum absolute atomic E-state index is 0.0139. The number of hydrogen-bond donors (Lipinski definition) is 1. The number of nitrogen functional groups attached to an aromatic ring is 1. The average molecular weight is 302 g/mol. The van der Waals surface area contributed by atoms with Crippen molar-refractivity contribution in [2.75, 3.05) is 5.73 Å². The molecule has 0 saturated heterocycles. The molecule has 2 aromatic carbocycles. The van der Waals surface area contributed by atoms with Gasteiger partial charge in [0.1, 0.15) is 17.1 Å². The summed E-state index contributed by atoms with van der Waals surface area (Å²) in [5.74, 6) is -0.166. The first-order chi connectivity index (χ1) is 9.27. The first kappa shape index (κ1) is 14.5. The molecule has 6 heteroatoms. The highest BCUT2D eigenvalue weighted by Crippen LogP contribution is 2.40. The van der Waals surface area contributed by atoms with E-state index in [0.717, 1.165) is 11.6 Å². The summed E-state index contributed by atoms with van der Waals surface area (Å²) in [6.07, 6.45) is -4.55. The fourth-order valence-electron chi connectivity index (χ4n) is 1.67. The van der Waals surface area contributed by atoms with Crippen molar-refractivity contribution in [1.29, 1.82) is 0 Å². The summed E-state index contributed by atoms with van der Waals surface area (Å²) in [4.78, 5) is 0. The molecular formula is C14H11ClF3NO. The first-order valence-electron chi connectivity index (χ1n) is 5.68. The fourth-order valence-corrected chi connectivity index (χ4v) is 1.82. The van der Waals surface area contributed by atoms with Gasteiger partial charge in [-0.2, -0.15) is 13.2 Å². The zero-order chi connectivity index (χ0) is 14.9. The van der Waals surface area contributed by atoms with Gasteiger partial charge in [-0.25, -0.2) is 0 Å². The van der Waals surface area contributed by atoms with Gasteiger partial charge in [0.15, 0.2) is 0 Å². The summed E-state index contributed by atoms with van der Waals surface area (Å²) in [5, 5.41) is 0.237. The van der Waals surface area contributed by atoms with E-state index in [0.29, 0.717) is 0 Å². The number of nitrogens with two attached hydrogens (primary N) is 1. The van der Waals surface area contributed by atoms with Crippen LogP contribution in [0.5, 0.6) is 11.5 Å². The van der Waals surface area contributed by atoms with Crippen molar-refractivity contribution in [2.24, 2.45) is 0 Å². The highest BCUT2D eigenvalue weighted by Gasteiger charge is 2.35. The maximum Gasteiger partial charge on any atom is 0.420 e. The Bertz CT molecular complexity index is 641. The lowest BCUT2D eigenvalue weighted by atomic mass is 10.1. The van der Waals surface area contributed by atoms with Gasteiger partial charge in [0.05, 0.1) is 5.02 Å². The average Bonchev–Trinajstić information content (AvgIpc) is 2.34. The first-order valence-corrected chi connectivity index (χ1v) is 6.06. The van der Waals surface area contributed by atoms with Gasteiger partial charge in [-0.05, 0) is 42.8 Å². The van der Waals surface area contributed by atoms with E-state index in [2.05, 4.69) is 0 Å². The van der Waals surface area contributed by atoms with E-state index in [1.165, 1.54) is 12.1 Å². The van der Waals surface area contributed by atoms with E-state index in [-0.39, 0.29) is 22.2 Å². The van der Waals surface area contributed by atoms with Crippen molar-refractivity contribution in [3.05, 3.63) is 52.5 Å². The molecule has 0 saturated carbocycles. The maximum absolute atomic E-state index is 12.9. The van der Waals surface area contributed by atoms with Crippen molar-refractivity contribution >= 4 is 17.3 Å². The Hall–Kier alpha value is -1.88. The normalized spacial score (nSPS) is 11.4. The van der Waals surface area contributed by atoms with Gasteiger partial charge in [-0.3, -0.25) is 0 Å². The fraction of sp³-hybridized carbons (Fsp3) is 0.143. The van der Waals surface area contributed by atoms with Crippen LogP contribution in [0.15, 0.2) is 36.4 Å². The van der Waals surface area contributed by atoms with Crippen LogP contribution in [-0.4, -0.2) is 0 Å². The number of anilines is 1. The molecule has 2 nitrogen and oxygen atoms in total. The van der Waals surface area contributed by atoms with Crippen LogP contribution >= 0.6 is 11.6 Å².